The van der Waals surface area contributed by atoms with Gasteiger partial charge in [-0.25, -0.2) is 4.98 Å². The molecule has 0 spiro atoms. The van der Waals surface area contributed by atoms with Crippen molar-refractivity contribution < 1.29 is 19.0 Å². The summed E-state index contributed by atoms with van der Waals surface area (Å²) in [6.07, 6.45) is 4.94. The van der Waals surface area contributed by atoms with Crippen molar-refractivity contribution in [3.05, 3.63) is 48.2 Å². The van der Waals surface area contributed by atoms with Gasteiger partial charge in [0.05, 0.1) is 12.7 Å². The van der Waals surface area contributed by atoms with Crippen LogP contribution in [0.15, 0.2) is 42.6 Å². The van der Waals surface area contributed by atoms with Crippen LogP contribution in [0, 0.1) is 11.3 Å². The lowest BCUT2D eigenvalue weighted by molar-refractivity contribution is -0.124. The zero-order valence-corrected chi connectivity index (χ0v) is 15.8. The fourth-order valence-corrected chi connectivity index (χ4v) is 3.10. The molecule has 1 aliphatic rings. The number of aromatic nitrogens is 1. The van der Waals surface area contributed by atoms with Crippen molar-refractivity contribution in [3.63, 3.8) is 0 Å². The van der Waals surface area contributed by atoms with Gasteiger partial charge < -0.3 is 19.5 Å². The first-order valence-electron chi connectivity index (χ1n) is 9.25. The molecule has 1 aliphatic carbocycles. The summed E-state index contributed by atoms with van der Waals surface area (Å²) in [6.45, 7) is -0.0160. The van der Waals surface area contributed by atoms with Gasteiger partial charge in [-0.15, -0.1) is 0 Å². The molecule has 0 bridgehead atoms. The molecule has 0 unspecified atom stereocenters. The molecule has 1 heterocycles. The number of benzene rings is 1. The molecular weight excluding hydrogens is 358 g/mol. The number of ether oxygens (including phenoxy) is 3. The summed E-state index contributed by atoms with van der Waals surface area (Å²) in [4.78, 5) is 16.2. The van der Waals surface area contributed by atoms with E-state index in [1.807, 2.05) is 6.07 Å². The molecule has 146 valence electrons. The number of pyridine rings is 1. The Morgan fingerprint density at radius 3 is 2.46 bits per heavy atom. The van der Waals surface area contributed by atoms with Gasteiger partial charge in [-0.3, -0.25) is 4.79 Å². The topological polar surface area (TPSA) is 93.5 Å². The highest BCUT2D eigenvalue weighted by molar-refractivity contribution is 5.77. The minimum atomic E-state index is -0.131. The Hall–Kier alpha value is -3.27. The normalized spacial score (nSPS) is 18.6. The van der Waals surface area contributed by atoms with Crippen molar-refractivity contribution in [3.8, 4) is 23.4 Å². The standard InChI is InChI=1S/C21H23N3O4/c1-26-17-7-9-18(10-8-17)27-14-20(25)24-16-3-5-19(6-4-16)28-21-11-2-15(12-22)13-23-21/h2,7-11,13,16,19H,3-6,14H2,1H3,(H,24,25). The zero-order valence-electron chi connectivity index (χ0n) is 15.8. The molecule has 1 aromatic heterocycles. The van der Waals surface area contributed by atoms with Gasteiger partial charge in [-0.05, 0) is 56.0 Å². The third-order valence-corrected chi connectivity index (χ3v) is 4.62. The Bertz CT molecular complexity index is 807. The van der Waals surface area contributed by atoms with Crippen molar-refractivity contribution in [2.24, 2.45) is 0 Å². The van der Waals surface area contributed by atoms with Gasteiger partial charge in [0.1, 0.15) is 23.7 Å². The Labute approximate surface area is 164 Å². The number of methoxy groups -OCH3 is 1. The van der Waals surface area contributed by atoms with Gasteiger partial charge >= 0.3 is 0 Å². The molecular formula is C21H23N3O4. The van der Waals surface area contributed by atoms with E-state index in [1.165, 1.54) is 6.20 Å². The van der Waals surface area contributed by atoms with E-state index in [-0.39, 0.29) is 24.7 Å². The number of amides is 1. The quantitative estimate of drug-likeness (QED) is 0.793. The van der Waals surface area contributed by atoms with Gasteiger partial charge in [0, 0.05) is 18.3 Å². The average molecular weight is 381 g/mol. The number of hydrogen-bond acceptors (Lipinski definition) is 6. The van der Waals surface area contributed by atoms with Crippen LogP contribution in [0.1, 0.15) is 31.2 Å². The van der Waals surface area contributed by atoms with Crippen LogP contribution in [0.25, 0.3) is 0 Å². The van der Waals surface area contributed by atoms with Crippen molar-refractivity contribution in [2.75, 3.05) is 13.7 Å². The van der Waals surface area contributed by atoms with E-state index in [4.69, 9.17) is 19.5 Å². The number of hydrogen-bond donors (Lipinski definition) is 1. The van der Waals surface area contributed by atoms with Crippen molar-refractivity contribution in [2.45, 2.75) is 37.8 Å². The zero-order chi connectivity index (χ0) is 19.8. The third-order valence-electron chi connectivity index (χ3n) is 4.62. The summed E-state index contributed by atoms with van der Waals surface area (Å²) >= 11 is 0. The van der Waals surface area contributed by atoms with E-state index in [0.29, 0.717) is 17.2 Å². The fraction of sp³-hybridized carbons (Fsp3) is 0.381. The predicted octanol–water partition coefficient (Wildman–Crippen LogP) is 2.85. The van der Waals surface area contributed by atoms with Crippen LogP contribution in [-0.4, -0.2) is 36.8 Å². The lowest BCUT2D eigenvalue weighted by Crippen LogP contribution is -2.41. The van der Waals surface area contributed by atoms with Crippen LogP contribution in [0.2, 0.25) is 0 Å². The number of rotatable bonds is 7. The number of carbonyl (C=O) groups excluding carboxylic acids is 1. The predicted molar refractivity (Wildman–Crippen MR) is 102 cm³/mol. The van der Waals surface area contributed by atoms with E-state index in [2.05, 4.69) is 10.3 Å². The summed E-state index contributed by atoms with van der Waals surface area (Å²) in [5.41, 5.74) is 0.510. The largest absolute Gasteiger partial charge is 0.497 e. The smallest absolute Gasteiger partial charge is 0.258 e. The van der Waals surface area contributed by atoms with Crippen LogP contribution in [0.5, 0.6) is 17.4 Å². The van der Waals surface area contributed by atoms with Crippen molar-refractivity contribution in [1.82, 2.24) is 10.3 Å². The summed E-state index contributed by atoms with van der Waals surface area (Å²) in [5.74, 6) is 1.77. The Kier molecular flexibility index (Phi) is 6.68. The van der Waals surface area contributed by atoms with Crippen molar-refractivity contribution >= 4 is 5.91 Å². The highest BCUT2D eigenvalue weighted by Crippen LogP contribution is 2.23. The molecule has 0 atom stereocenters. The van der Waals surface area contributed by atoms with Gasteiger partial charge in [-0.2, -0.15) is 5.26 Å². The summed E-state index contributed by atoms with van der Waals surface area (Å²) in [7, 11) is 1.60. The average Bonchev–Trinajstić information content (AvgIpc) is 2.74. The number of nitrogens with one attached hydrogen (secondary N) is 1. The summed E-state index contributed by atoms with van der Waals surface area (Å²) < 4.78 is 16.5. The first kappa shape index (κ1) is 19.5. The van der Waals surface area contributed by atoms with Crippen molar-refractivity contribution in [1.29, 1.82) is 5.26 Å². The van der Waals surface area contributed by atoms with Gasteiger partial charge in [0.25, 0.3) is 5.91 Å². The van der Waals surface area contributed by atoms with Crippen LogP contribution in [-0.2, 0) is 4.79 Å². The van der Waals surface area contributed by atoms with E-state index in [0.717, 1.165) is 31.4 Å². The second-order valence-corrected chi connectivity index (χ2v) is 6.62. The molecule has 1 saturated carbocycles. The van der Waals surface area contributed by atoms with E-state index >= 15 is 0 Å². The monoisotopic (exact) mass is 381 g/mol. The molecule has 7 nitrogen and oxygen atoms in total. The van der Waals surface area contributed by atoms with Crippen LogP contribution >= 0.6 is 0 Å². The highest BCUT2D eigenvalue weighted by atomic mass is 16.5. The molecule has 1 aromatic carbocycles. The molecule has 3 rings (SSSR count). The second-order valence-electron chi connectivity index (χ2n) is 6.62. The Balaban J connectivity index is 1.37. The van der Waals surface area contributed by atoms with Gasteiger partial charge in [0.15, 0.2) is 6.61 Å². The van der Waals surface area contributed by atoms with Crippen LogP contribution < -0.4 is 19.5 Å². The first-order valence-corrected chi connectivity index (χ1v) is 9.25. The van der Waals surface area contributed by atoms with Gasteiger partial charge in [-0.1, -0.05) is 0 Å². The first-order chi connectivity index (χ1) is 13.7. The molecule has 28 heavy (non-hydrogen) atoms. The maximum Gasteiger partial charge on any atom is 0.258 e. The molecule has 1 N–H and O–H groups in total. The number of carbonyl (C=O) groups is 1. The lowest BCUT2D eigenvalue weighted by Gasteiger charge is -2.29. The maximum absolute atomic E-state index is 12.1. The lowest BCUT2D eigenvalue weighted by atomic mass is 9.93. The van der Waals surface area contributed by atoms with Gasteiger partial charge in [0.2, 0.25) is 5.88 Å². The van der Waals surface area contributed by atoms with E-state index in [1.54, 1.807) is 43.5 Å². The molecule has 2 aromatic rings. The minimum Gasteiger partial charge on any atom is -0.497 e. The maximum atomic E-state index is 12.1. The molecule has 0 aliphatic heterocycles. The van der Waals surface area contributed by atoms with E-state index in [9.17, 15) is 4.79 Å². The molecule has 0 radical (unpaired) electrons. The number of nitrogens with zero attached hydrogens (tertiary/aromatic N) is 2. The van der Waals surface area contributed by atoms with E-state index < -0.39 is 0 Å². The fourth-order valence-electron chi connectivity index (χ4n) is 3.10. The van der Waals surface area contributed by atoms with Crippen LogP contribution in [0.3, 0.4) is 0 Å². The Morgan fingerprint density at radius 2 is 1.86 bits per heavy atom. The third kappa shape index (κ3) is 5.61. The Morgan fingerprint density at radius 1 is 1.14 bits per heavy atom. The molecule has 1 fully saturated rings. The highest BCUT2D eigenvalue weighted by Gasteiger charge is 2.24. The number of nitriles is 1. The summed E-state index contributed by atoms with van der Waals surface area (Å²) in [5, 5.41) is 11.8. The molecule has 1 amide bonds. The summed E-state index contributed by atoms with van der Waals surface area (Å²) in [6, 6.07) is 12.7. The molecule has 0 saturated heterocycles. The second kappa shape index (κ2) is 9.60. The SMILES string of the molecule is COc1ccc(OCC(=O)NC2CCC(Oc3ccc(C#N)cn3)CC2)cc1. The van der Waals surface area contributed by atoms with Crippen LogP contribution in [0.4, 0.5) is 0 Å². The minimum absolute atomic E-state index is 0.0160. The molecule has 7 heteroatoms.